The van der Waals surface area contributed by atoms with Crippen LogP contribution in [-0.4, -0.2) is 50.1 Å². The number of rotatable bonds is 4. The lowest BCUT2D eigenvalue weighted by molar-refractivity contribution is 0.0394. The van der Waals surface area contributed by atoms with Gasteiger partial charge in [-0.05, 0) is 32.2 Å². The molecule has 1 aliphatic heterocycles. The van der Waals surface area contributed by atoms with Gasteiger partial charge in [-0.2, -0.15) is 5.10 Å². The van der Waals surface area contributed by atoms with Crippen LogP contribution in [0.15, 0.2) is 40.4 Å². The summed E-state index contributed by atoms with van der Waals surface area (Å²) in [6, 6.07) is 2.53. The number of anilines is 1. The molecule has 0 unspecified atom stereocenters. The summed E-state index contributed by atoms with van der Waals surface area (Å²) in [7, 11) is 1.83. The molecule has 3 aromatic heterocycles. The minimum atomic E-state index is -0.761. The van der Waals surface area contributed by atoms with Gasteiger partial charge in [0.05, 0.1) is 31.1 Å². The molecule has 1 atom stereocenters. The number of nitrogens with zero attached hydrogens (tertiary/aromatic N) is 6. The molecule has 35 heavy (non-hydrogen) atoms. The van der Waals surface area contributed by atoms with Crippen LogP contribution in [0, 0.1) is 25.5 Å². The molecule has 0 aliphatic carbocycles. The number of thioether (sulfide) groups is 1. The molecule has 1 aliphatic rings. The summed E-state index contributed by atoms with van der Waals surface area (Å²) in [4.78, 5) is 24.7. The van der Waals surface area contributed by atoms with Gasteiger partial charge in [0, 0.05) is 41.5 Å². The second-order valence-electron chi connectivity index (χ2n) is 8.49. The van der Waals surface area contributed by atoms with Gasteiger partial charge in [0.25, 0.3) is 5.56 Å². The van der Waals surface area contributed by atoms with E-state index >= 15 is 8.78 Å². The van der Waals surface area contributed by atoms with Crippen LogP contribution in [0.2, 0.25) is 0 Å². The molecule has 1 fully saturated rings. The Balaban J connectivity index is 1.70. The van der Waals surface area contributed by atoms with Crippen LogP contribution in [-0.2, 0) is 11.8 Å². The Bertz CT molecular complexity index is 1480. The topological polar surface area (TPSA) is 77.5 Å². The van der Waals surface area contributed by atoms with Gasteiger partial charge in [0.2, 0.25) is 0 Å². The quantitative estimate of drug-likeness (QED) is 0.397. The van der Waals surface area contributed by atoms with Crippen LogP contribution in [0.1, 0.15) is 22.9 Å². The van der Waals surface area contributed by atoms with Gasteiger partial charge in [-0.15, -0.1) is 11.8 Å². The monoisotopic (exact) mass is 498 g/mol. The van der Waals surface area contributed by atoms with E-state index in [4.69, 9.17) is 4.74 Å². The van der Waals surface area contributed by atoms with E-state index < -0.39 is 11.6 Å². The highest BCUT2D eigenvalue weighted by molar-refractivity contribution is 7.98. The van der Waals surface area contributed by atoms with Crippen molar-refractivity contribution in [2.75, 3.05) is 30.9 Å². The fourth-order valence-electron chi connectivity index (χ4n) is 4.20. The fraction of sp³-hybridized carbons (Fsp3) is 0.333. The van der Waals surface area contributed by atoms with Gasteiger partial charge in [0.15, 0.2) is 5.65 Å². The summed E-state index contributed by atoms with van der Waals surface area (Å²) in [6.07, 6.45) is 6.69. The van der Waals surface area contributed by atoms with Crippen LogP contribution in [0.25, 0.3) is 16.9 Å². The smallest absolute Gasteiger partial charge is 0.261 e. The molecule has 0 spiro atoms. The highest BCUT2D eigenvalue weighted by Crippen LogP contribution is 2.33. The van der Waals surface area contributed by atoms with Crippen molar-refractivity contribution in [2.45, 2.75) is 24.8 Å². The first-order valence-corrected chi connectivity index (χ1v) is 12.3. The van der Waals surface area contributed by atoms with E-state index in [1.807, 2.05) is 18.1 Å². The van der Waals surface area contributed by atoms with Crippen molar-refractivity contribution < 1.29 is 13.5 Å². The summed E-state index contributed by atoms with van der Waals surface area (Å²) in [6.45, 7) is 4.72. The van der Waals surface area contributed by atoms with Crippen LogP contribution in [0.4, 0.5) is 14.6 Å². The second-order valence-corrected chi connectivity index (χ2v) is 9.37. The van der Waals surface area contributed by atoms with E-state index in [9.17, 15) is 4.79 Å². The Labute approximate surface area is 204 Å². The number of benzene rings is 1. The number of aryl methyl sites for hydroxylation is 2. The first-order valence-electron chi connectivity index (χ1n) is 11.1. The SMILES string of the molecule is CSc1cc(F)c(-c2nc(N3CCO[C@@H](c4cnn(C)c4)C3)cn3c(=O)c(C)c(C)nc23)c(F)c1. The second kappa shape index (κ2) is 9.04. The lowest BCUT2D eigenvalue weighted by Gasteiger charge is -2.33. The summed E-state index contributed by atoms with van der Waals surface area (Å²) >= 11 is 1.24. The molecular weight excluding hydrogens is 474 g/mol. The molecule has 0 N–H and O–H groups in total. The van der Waals surface area contributed by atoms with E-state index in [1.54, 1.807) is 37.2 Å². The Kier molecular flexibility index (Phi) is 6.06. The van der Waals surface area contributed by atoms with Crippen molar-refractivity contribution in [3.63, 3.8) is 0 Å². The summed E-state index contributed by atoms with van der Waals surface area (Å²) < 4.78 is 39.4. The lowest BCUT2D eigenvalue weighted by Crippen LogP contribution is -2.39. The Morgan fingerprint density at radius 1 is 1.14 bits per heavy atom. The summed E-state index contributed by atoms with van der Waals surface area (Å²) in [5.41, 5.74) is 1.32. The van der Waals surface area contributed by atoms with Gasteiger partial charge in [0.1, 0.15) is 29.3 Å². The minimum Gasteiger partial charge on any atom is -0.370 e. The van der Waals surface area contributed by atoms with Crippen molar-refractivity contribution in [2.24, 2.45) is 7.05 Å². The van der Waals surface area contributed by atoms with E-state index in [0.29, 0.717) is 41.7 Å². The van der Waals surface area contributed by atoms with Crippen molar-refractivity contribution in [3.8, 4) is 11.3 Å². The highest BCUT2D eigenvalue weighted by Gasteiger charge is 2.27. The van der Waals surface area contributed by atoms with Crippen LogP contribution in [0.5, 0.6) is 0 Å². The largest absolute Gasteiger partial charge is 0.370 e. The maximum Gasteiger partial charge on any atom is 0.261 e. The molecule has 182 valence electrons. The number of hydrogen-bond acceptors (Lipinski definition) is 7. The van der Waals surface area contributed by atoms with Crippen molar-refractivity contribution >= 4 is 23.2 Å². The average molecular weight is 499 g/mol. The third kappa shape index (κ3) is 4.19. The molecule has 0 radical (unpaired) electrons. The van der Waals surface area contributed by atoms with E-state index in [1.165, 1.54) is 28.3 Å². The third-order valence-electron chi connectivity index (χ3n) is 6.24. The molecule has 11 heteroatoms. The zero-order valence-electron chi connectivity index (χ0n) is 19.7. The van der Waals surface area contributed by atoms with E-state index in [0.717, 1.165) is 5.56 Å². The van der Waals surface area contributed by atoms with Crippen LogP contribution < -0.4 is 10.5 Å². The molecule has 4 heterocycles. The Morgan fingerprint density at radius 3 is 2.54 bits per heavy atom. The number of hydrogen-bond donors (Lipinski definition) is 0. The zero-order chi connectivity index (χ0) is 24.9. The maximum absolute atomic E-state index is 15.2. The highest BCUT2D eigenvalue weighted by atomic mass is 32.2. The molecule has 0 amide bonds. The van der Waals surface area contributed by atoms with Gasteiger partial charge < -0.3 is 9.64 Å². The van der Waals surface area contributed by atoms with Gasteiger partial charge >= 0.3 is 0 Å². The summed E-state index contributed by atoms with van der Waals surface area (Å²) in [5.74, 6) is -1.11. The maximum atomic E-state index is 15.2. The van der Waals surface area contributed by atoms with Crippen LogP contribution >= 0.6 is 11.8 Å². The number of aromatic nitrogens is 5. The fourth-order valence-corrected chi connectivity index (χ4v) is 4.65. The van der Waals surface area contributed by atoms with Gasteiger partial charge in [-0.25, -0.2) is 18.7 Å². The number of halogens is 2. The molecule has 0 saturated carbocycles. The molecule has 4 aromatic rings. The third-order valence-corrected chi connectivity index (χ3v) is 6.95. The standard InChI is InChI=1S/C24H24F2N6O2S/c1-13-14(2)28-23-22(21-17(25)7-16(35-4)8-18(21)26)29-20(12-32(23)24(13)33)31-5-6-34-19(11-31)15-9-27-30(3)10-15/h7-10,12,19H,5-6,11H2,1-4H3/t19-/m1/s1. The van der Waals surface area contributed by atoms with Gasteiger partial charge in [-0.1, -0.05) is 0 Å². The van der Waals surface area contributed by atoms with Crippen molar-refractivity contribution in [1.29, 1.82) is 0 Å². The molecular formula is C24H24F2N6O2S. The van der Waals surface area contributed by atoms with E-state index in [-0.39, 0.29) is 28.6 Å². The van der Waals surface area contributed by atoms with Crippen LogP contribution in [0.3, 0.4) is 0 Å². The molecule has 5 rings (SSSR count). The first-order chi connectivity index (χ1) is 16.8. The Hall–Kier alpha value is -3.31. The Morgan fingerprint density at radius 2 is 1.89 bits per heavy atom. The van der Waals surface area contributed by atoms with Crippen molar-refractivity contribution in [3.05, 3.63) is 69.5 Å². The predicted octanol–water partition coefficient (Wildman–Crippen LogP) is 3.68. The molecule has 1 aromatic carbocycles. The summed E-state index contributed by atoms with van der Waals surface area (Å²) in [5, 5.41) is 4.21. The number of ether oxygens (including phenoxy) is 1. The first kappa shape index (κ1) is 23.4. The molecule has 1 saturated heterocycles. The minimum absolute atomic E-state index is 0.0187. The average Bonchev–Trinajstić information content (AvgIpc) is 3.28. The van der Waals surface area contributed by atoms with E-state index in [2.05, 4.69) is 15.1 Å². The molecule has 0 bridgehead atoms. The normalized spacial score (nSPS) is 16.3. The van der Waals surface area contributed by atoms with Crippen molar-refractivity contribution in [1.82, 2.24) is 24.1 Å². The lowest BCUT2D eigenvalue weighted by atomic mass is 10.1. The van der Waals surface area contributed by atoms with Gasteiger partial charge in [-0.3, -0.25) is 13.9 Å². The zero-order valence-corrected chi connectivity index (χ0v) is 20.6. The molecule has 8 nitrogen and oxygen atoms in total. The number of morpholine rings is 1. The number of fused-ring (bicyclic) bond motifs is 1. The predicted molar refractivity (Wildman–Crippen MR) is 130 cm³/mol.